The molecule has 38 heavy (non-hydrogen) atoms. The van der Waals surface area contributed by atoms with Crippen LogP contribution in [0, 0.1) is 0 Å². The van der Waals surface area contributed by atoms with Crippen LogP contribution in [0.3, 0.4) is 0 Å². The van der Waals surface area contributed by atoms with Crippen molar-refractivity contribution < 1.29 is 33.3 Å². The Hall–Kier alpha value is -4.79. The molecule has 0 saturated heterocycles. The van der Waals surface area contributed by atoms with Gasteiger partial charge in [-0.3, -0.25) is 14.4 Å². The summed E-state index contributed by atoms with van der Waals surface area (Å²) in [4.78, 5) is 42.5. The summed E-state index contributed by atoms with van der Waals surface area (Å²) >= 11 is 0. The molecular formula is C29H26N2O7. The Bertz CT molecular complexity index is 1560. The molecule has 3 aromatic carbocycles. The number of anilines is 1. The van der Waals surface area contributed by atoms with Gasteiger partial charge in [0.15, 0.2) is 11.5 Å². The Morgan fingerprint density at radius 1 is 0.789 bits per heavy atom. The van der Waals surface area contributed by atoms with E-state index in [0.29, 0.717) is 40.4 Å². The standard InChI is InChI=1S/C29H26N2O7/c1-6-30-21-15-17(35-2)11-12-20(21)24(31-28(33)18-9-7-8-10-19(18)29(31)34)25(30)26(32)16-13-22(36-3)27(38-5)23(14-16)37-4/h7-15H,6H2,1-5H3. The minimum atomic E-state index is -0.490. The highest BCUT2D eigenvalue weighted by molar-refractivity contribution is 6.38. The first-order valence-corrected chi connectivity index (χ1v) is 11.9. The fourth-order valence-electron chi connectivity index (χ4n) is 4.96. The first kappa shape index (κ1) is 24.9. The Balaban J connectivity index is 1.81. The number of nitrogens with zero attached hydrogens (tertiary/aromatic N) is 2. The van der Waals surface area contributed by atoms with Crippen LogP contribution < -0.4 is 23.8 Å². The Labute approximate surface area is 219 Å². The third-order valence-corrected chi connectivity index (χ3v) is 6.72. The maximum absolute atomic E-state index is 14.3. The lowest BCUT2D eigenvalue weighted by molar-refractivity contribution is 0.0926. The second-order valence-corrected chi connectivity index (χ2v) is 8.56. The summed E-state index contributed by atoms with van der Waals surface area (Å²) in [7, 11) is 5.95. The smallest absolute Gasteiger partial charge is 0.266 e. The van der Waals surface area contributed by atoms with Crippen molar-refractivity contribution in [2.24, 2.45) is 0 Å². The van der Waals surface area contributed by atoms with Crippen molar-refractivity contribution in [1.82, 2.24) is 4.57 Å². The number of carbonyl (C=O) groups excluding carboxylic acids is 3. The van der Waals surface area contributed by atoms with Gasteiger partial charge in [-0.25, -0.2) is 4.90 Å². The average molecular weight is 515 g/mol. The number of aryl methyl sites for hydroxylation is 1. The molecule has 4 aromatic rings. The van der Waals surface area contributed by atoms with Crippen molar-refractivity contribution in [3.05, 3.63) is 77.0 Å². The molecular weight excluding hydrogens is 488 g/mol. The van der Waals surface area contributed by atoms with E-state index in [0.717, 1.165) is 4.90 Å². The number of hydrogen-bond acceptors (Lipinski definition) is 7. The van der Waals surface area contributed by atoms with Crippen molar-refractivity contribution >= 4 is 34.2 Å². The fourth-order valence-corrected chi connectivity index (χ4v) is 4.96. The number of aromatic nitrogens is 1. The first-order valence-electron chi connectivity index (χ1n) is 11.9. The van der Waals surface area contributed by atoms with Gasteiger partial charge in [0.25, 0.3) is 11.8 Å². The summed E-state index contributed by atoms with van der Waals surface area (Å²) in [6.45, 7) is 2.27. The molecule has 0 saturated carbocycles. The van der Waals surface area contributed by atoms with Crippen LogP contribution in [0.5, 0.6) is 23.0 Å². The zero-order chi connectivity index (χ0) is 27.1. The van der Waals surface area contributed by atoms with Crippen LogP contribution >= 0.6 is 0 Å². The molecule has 0 fully saturated rings. The summed E-state index contributed by atoms with van der Waals surface area (Å²) < 4.78 is 23.5. The van der Waals surface area contributed by atoms with Crippen molar-refractivity contribution in [2.45, 2.75) is 13.5 Å². The number of imide groups is 1. The van der Waals surface area contributed by atoms with E-state index in [1.807, 2.05) is 6.92 Å². The zero-order valence-electron chi connectivity index (χ0n) is 21.7. The molecule has 1 aromatic heterocycles. The van der Waals surface area contributed by atoms with Gasteiger partial charge in [-0.1, -0.05) is 12.1 Å². The van der Waals surface area contributed by atoms with Gasteiger partial charge < -0.3 is 23.5 Å². The van der Waals surface area contributed by atoms with Crippen molar-refractivity contribution in [3.8, 4) is 23.0 Å². The van der Waals surface area contributed by atoms with Gasteiger partial charge >= 0.3 is 0 Å². The molecule has 9 heteroatoms. The Morgan fingerprint density at radius 2 is 1.39 bits per heavy atom. The first-order chi connectivity index (χ1) is 18.4. The van der Waals surface area contributed by atoms with Gasteiger partial charge in [0.2, 0.25) is 11.5 Å². The van der Waals surface area contributed by atoms with Gasteiger partial charge in [0.05, 0.1) is 50.8 Å². The average Bonchev–Trinajstić information content (AvgIpc) is 3.41. The monoisotopic (exact) mass is 514 g/mol. The number of rotatable bonds is 8. The second-order valence-electron chi connectivity index (χ2n) is 8.56. The highest BCUT2D eigenvalue weighted by atomic mass is 16.5. The summed E-state index contributed by atoms with van der Waals surface area (Å²) in [5, 5.41) is 0.568. The Morgan fingerprint density at radius 3 is 1.89 bits per heavy atom. The molecule has 0 N–H and O–H groups in total. The highest BCUT2D eigenvalue weighted by Gasteiger charge is 2.41. The maximum atomic E-state index is 14.3. The number of benzene rings is 3. The maximum Gasteiger partial charge on any atom is 0.266 e. The highest BCUT2D eigenvalue weighted by Crippen LogP contribution is 2.43. The summed E-state index contributed by atoms with van der Waals surface area (Å²) in [5.41, 5.74) is 1.86. The van der Waals surface area contributed by atoms with E-state index in [1.54, 1.807) is 66.3 Å². The quantitative estimate of drug-likeness (QED) is 0.248. The fraction of sp³-hybridized carbons (Fsp3) is 0.207. The lowest BCUT2D eigenvalue weighted by Gasteiger charge is -2.18. The van der Waals surface area contributed by atoms with Crippen LogP contribution in [0.1, 0.15) is 43.7 Å². The van der Waals surface area contributed by atoms with Crippen molar-refractivity contribution in [3.63, 3.8) is 0 Å². The molecule has 2 heterocycles. The van der Waals surface area contributed by atoms with E-state index in [1.165, 1.54) is 21.3 Å². The molecule has 0 bridgehead atoms. The van der Waals surface area contributed by atoms with Crippen LogP contribution in [0.15, 0.2) is 54.6 Å². The molecule has 5 rings (SSSR count). The van der Waals surface area contributed by atoms with Gasteiger partial charge in [-0.2, -0.15) is 0 Å². The van der Waals surface area contributed by atoms with Gasteiger partial charge in [0, 0.05) is 23.6 Å². The van der Waals surface area contributed by atoms with E-state index in [4.69, 9.17) is 18.9 Å². The molecule has 0 spiro atoms. The molecule has 9 nitrogen and oxygen atoms in total. The third-order valence-electron chi connectivity index (χ3n) is 6.72. The van der Waals surface area contributed by atoms with Gasteiger partial charge in [-0.05, 0) is 43.3 Å². The number of carbonyl (C=O) groups is 3. The van der Waals surface area contributed by atoms with E-state index in [-0.39, 0.29) is 28.1 Å². The summed E-state index contributed by atoms with van der Waals surface area (Å²) in [5.74, 6) is 0.119. The number of ketones is 1. The number of hydrogen-bond donors (Lipinski definition) is 0. The molecule has 0 radical (unpaired) electrons. The normalized spacial score (nSPS) is 12.6. The van der Waals surface area contributed by atoms with E-state index in [2.05, 4.69) is 0 Å². The molecule has 0 aliphatic carbocycles. The minimum absolute atomic E-state index is 0.180. The molecule has 1 aliphatic heterocycles. The van der Waals surface area contributed by atoms with Crippen LogP contribution in [0.4, 0.5) is 5.69 Å². The molecule has 194 valence electrons. The number of fused-ring (bicyclic) bond motifs is 2. The Kier molecular flexibility index (Phi) is 6.28. The van der Waals surface area contributed by atoms with E-state index in [9.17, 15) is 14.4 Å². The third kappa shape index (κ3) is 3.58. The number of ether oxygens (including phenoxy) is 4. The SMILES string of the molecule is CCn1c(C(=O)c2cc(OC)c(OC)c(OC)c2)c(N2C(=O)c3ccccc3C2=O)c2ccc(OC)cc21. The summed E-state index contributed by atoms with van der Waals surface area (Å²) in [6, 6.07) is 15.0. The number of amides is 2. The van der Waals surface area contributed by atoms with Gasteiger partial charge in [0.1, 0.15) is 11.4 Å². The lowest BCUT2D eigenvalue weighted by Crippen LogP contribution is -2.31. The second kappa shape index (κ2) is 9.59. The van der Waals surface area contributed by atoms with Crippen molar-refractivity contribution in [1.29, 1.82) is 0 Å². The van der Waals surface area contributed by atoms with Crippen LogP contribution in [-0.4, -0.2) is 50.6 Å². The van der Waals surface area contributed by atoms with Crippen LogP contribution in [0.25, 0.3) is 10.9 Å². The van der Waals surface area contributed by atoms with Crippen molar-refractivity contribution in [2.75, 3.05) is 33.3 Å². The minimum Gasteiger partial charge on any atom is -0.497 e. The molecule has 1 aliphatic rings. The molecule has 0 atom stereocenters. The largest absolute Gasteiger partial charge is 0.497 e. The predicted octanol–water partition coefficient (Wildman–Crippen LogP) is 4.73. The zero-order valence-corrected chi connectivity index (χ0v) is 21.7. The van der Waals surface area contributed by atoms with Crippen LogP contribution in [0.2, 0.25) is 0 Å². The lowest BCUT2D eigenvalue weighted by atomic mass is 10.0. The number of methoxy groups -OCH3 is 4. The van der Waals surface area contributed by atoms with Gasteiger partial charge in [-0.15, -0.1) is 0 Å². The predicted molar refractivity (Wildman–Crippen MR) is 141 cm³/mol. The summed E-state index contributed by atoms with van der Waals surface area (Å²) in [6.07, 6.45) is 0. The van der Waals surface area contributed by atoms with Crippen LogP contribution in [-0.2, 0) is 6.54 Å². The topological polar surface area (TPSA) is 96.3 Å². The van der Waals surface area contributed by atoms with E-state index >= 15 is 0 Å². The molecule has 2 amide bonds. The van der Waals surface area contributed by atoms with E-state index < -0.39 is 17.6 Å². The molecule has 0 unspecified atom stereocenters.